The number of aryl methyl sites for hydroxylation is 1. The lowest BCUT2D eigenvalue weighted by Crippen LogP contribution is -2.51. The van der Waals surface area contributed by atoms with E-state index in [1.807, 2.05) is 0 Å². The van der Waals surface area contributed by atoms with Gasteiger partial charge in [-0.15, -0.1) is 0 Å². The molecule has 118 valence electrons. The van der Waals surface area contributed by atoms with Crippen LogP contribution in [0.15, 0.2) is 24.3 Å². The molecule has 3 nitrogen and oxygen atoms in total. The Kier molecular flexibility index (Phi) is 3.50. The first-order valence-electron chi connectivity index (χ1n) is 8.71. The van der Waals surface area contributed by atoms with Gasteiger partial charge in [0.25, 0.3) is 0 Å². The molecule has 4 rings (SSSR count). The van der Waals surface area contributed by atoms with E-state index in [2.05, 4.69) is 41.1 Å². The minimum absolute atomic E-state index is 0.0805. The predicted molar refractivity (Wildman–Crippen MR) is 90.1 cm³/mol. The number of aromatic amines is 1. The van der Waals surface area contributed by atoms with E-state index >= 15 is 0 Å². The Labute approximate surface area is 132 Å². The van der Waals surface area contributed by atoms with Crippen molar-refractivity contribution in [3.63, 3.8) is 0 Å². The molecule has 2 N–H and O–H groups in total. The number of aliphatic hydroxyl groups excluding tert-OH is 1. The Morgan fingerprint density at radius 1 is 1.27 bits per heavy atom. The fraction of sp³-hybridized carbons (Fsp3) is 0.579. The monoisotopic (exact) mass is 298 g/mol. The number of fused-ring (bicyclic) bond motifs is 5. The third-order valence-corrected chi connectivity index (χ3v) is 6.12. The van der Waals surface area contributed by atoms with Crippen molar-refractivity contribution in [2.45, 2.75) is 45.1 Å². The molecule has 2 aromatic rings. The summed E-state index contributed by atoms with van der Waals surface area (Å²) in [6.45, 7) is 5.47. The molecule has 1 fully saturated rings. The molecule has 0 amide bonds. The van der Waals surface area contributed by atoms with Crippen molar-refractivity contribution < 1.29 is 5.11 Å². The molecule has 3 atom stereocenters. The standard InChI is InChI=1S/C19H26N2O/c1-2-19-10-7-17-15(14-5-3-4-6-16(14)20-17)8-11-21(13-19)12-9-18(19)22/h3-6,18,20,22H,2,7-13H2,1H3. The number of hydrogen-bond donors (Lipinski definition) is 2. The van der Waals surface area contributed by atoms with Crippen LogP contribution in [0.1, 0.15) is 37.4 Å². The van der Waals surface area contributed by atoms with Crippen molar-refractivity contribution in [2.75, 3.05) is 19.6 Å². The first-order chi connectivity index (χ1) is 10.7. The minimum atomic E-state index is -0.139. The zero-order chi connectivity index (χ0) is 15.2. The summed E-state index contributed by atoms with van der Waals surface area (Å²) >= 11 is 0. The second-order valence-corrected chi connectivity index (χ2v) is 7.17. The molecule has 3 heteroatoms. The fourth-order valence-corrected chi connectivity index (χ4v) is 4.60. The predicted octanol–water partition coefficient (Wildman–Crippen LogP) is 3.12. The number of hydrogen-bond acceptors (Lipinski definition) is 2. The van der Waals surface area contributed by atoms with Gasteiger partial charge in [-0.05, 0) is 43.7 Å². The largest absolute Gasteiger partial charge is 0.392 e. The van der Waals surface area contributed by atoms with Crippen molar-refractivity contribution in [2.24, 2.45) is 5.41 Å². The second kappa shape index (κ2) is 5.39. The molecule has 0 saturated carbocycles. The second-order valence-electron chi connectivity index (χ2n) is 7.17. The number of nitrogens with one attached hydrogen (secondary N) is 1. The average Bonchev–Trinajstić information content (AvgIpc) is 2.92. The summed E-state index contributed by atoms with van der Waals surface area (Å²) in [5, 5.41) is 12.0. The van der Waals surface area contributed by atoms with Gasteiger partial charge in [0.2, 0.25) is 0 Å². The maximum Gasteiger partial charge on any atom is 0.0620 e. The van der Waals surface area contributed by atoms with Crippen LogP contribution in [0.3, 0.4) is 0 Å². The lowest BCUT2D eigenvalue weighted by Gasteiger charge is -2.46. The van der Waals surface area contributed by atoms with Gasteiger partial charge in [0.15, 0.2) is 0 Å². The van der Waals surface area contributed by atoms with Crippen LogP contribution in [-0.2, 0) is 12.8 Å². The molecular formula is C19H26N2O. The van der Waals surface area contributed by atoms with Gasteiger partial charge in [0.1, 0.15) is 0 Å². The topological polar surface area (TPSA) is 39.3 Å². The Bertz CT molecular complexity index is 677. The Morgan fingerprint density at radius 3 is 3.00 bits per heavy atom. The van der Waals surface area contributed by atoms with Gasteiger partial charge >= 0.3 is 0 Å². The van der Waals surface area contributed by atoms with E-state index in [4.69, 9.17) is 0 Å². The van der Waals surface area contributed by atoms with Crippen LogP contribution in [-0.4, -0.2) is 40.7 Å². The quantitative estimate of drug-likeness (QED) is 0.849. The van der Waals surface area contributed by atoms with Crippen LogP contribution < -0.4 is 0 Å². The molecule has 1 aromatic heterocycles. The summed E-state index contributed by atoms with van der Waals surface area (Å²) < 4.78 is 0. The number of H-pyrrole nitrogens is 1. The molecule has 2 aliphatic rings. The van der Waals surface area contributed by atoms with E-state index in [0.717, 1.165) is 51.7 Å². The maximum absolute atomic E-state index is 10.6. The number of aromatic nitrogens is 1. The SMILES string of the molecule is CCC12CCc3[nH]c4ccccc4c3CCN(CCC1O)C2. The zero-order valence-corrected chi connectivity index (χ0v) is 13.4. The van der Waals surface area contributed by atoms with Crippen LogP contribution in [0.4, 0.5) is 0 Å². The molecular weight excluding hydrogens is 272 g/mol. The summed E-state index contributed by atoms with van der Waals surface area (Å²) in [5.41, 5.74) is 4.25. The Balaban J connectivity index is 1.75. The first-order valence-corrected chi connectivity index (χ1v) is 8.71. The third kappa shape index (κ3) is 2.19. The Morgan fingerprint density at radius 2 is 2.14 bits per heavy atom. The number of benzene rings is 1. The van der Waals surface area contributed by atoms with Crippen LogP contribution in [0, 0.1) is 5.41 Å². The van der Waals surface area contributed by atoms with Gasteiger partial charge in [-0.25, -0.2) is 0 Å². The van der Waals surface area contributed by atoms with Gasteiger partial charge in [-0.1, -0.05) is 25.1 Å². The molecule has 0 spiro atoms. The molecule has 22 heavy (non-hydrogen) atoms. The van der Waals surface area contributed by atoms with Crippen molar-refractivity contribution in [3.8, 4) is 0 Å². The number of piperidine rings is 1. The lowest BCUT2D eigenvalue weighted by atomic mass is 9.72. The van der Waals surface area contributed by atoms with Gasteiger partial charge < -0.3 is 15.0 Å². The van der Waals surface area contributed by atoms with Gasteiger partial charge in [0.05, 0.1) is 6.10 Å². The molecule has 3 unspecified atom stereocenters. The van der Waals surface area contributed by atoms with Crippen LogP contribution in [0.5, 0.6) is 0 Å². The zero-order valence-electron chi connectivity index (χ0n) is 13.4. The summed E-state index contributed by atoms with van der Waals surface area (Å²) in [6, 6.07) is 8.67. The fourth-order valence-electron chi connectivity index (χ4n) is 4.60. The van der Waals surface area contributed by atoms with Gasteiger partial charge in [-0.3, -0.25) is 0 Å². The third-order valence-electron chi connectivity index (χ3n) is 6.12. The van der Waals surface area contributed by atoms with Crippen molar-refractivity contribution in [1.82, 2.24) is 9.88 Å². The van der Waals surface area contributed by atoms with Crippen molar-refractivity contribution in [1.29, 1.82) is 0 Å². The number of para-hydroxylation sites is 1. The number of aliphatic hydroxyl groups is 1. The van der Waals surface area contributed by atoms with E-state index < -0.39 is 0 Å². The maximum atomic E-state index is 10.6. The molecule has 0 aliphatic carbocycles. The number of rotatable bonds is 1. The molecule has 0 radical (unpaired) electrons. The highest BCUT2D eigenvalue weighted by Crippen LogP contribution is 2.40. The van der Waals surface area contributed by atoms with Crippen molar-refractivity contribution in [3.05, 3.63) is 35.5 Å². The van der Waals surface area contributed by atoms with Gasteiger partial charge in [0, 0.05) is 41.6 Å². The highest BCUT2D eigenvalue weighted by Gasteiger charge is 2.41. The summed E-state index contributed by atoms with van der Waals surface area (Å²) in [7, 11) is 0. The first kappa shape index (κ1) is 14.3. The lowest BCUT2D eigenvalue weighted by molar-refractivity contribution is -0.0525. The number of nitrogens with zero attached hydrogens (tertiary/aromatic N) is 1. The van der Waals surface area contributed by atoms with Gasteiger partial charge in [-0.2, -0.15) is 0 Å². The molecule has 3 heterocycles. The molecule has 2 aliphatic heterocycles. The van der Waals surface area contributed by atoms with E-state index in [1.54, 1.807) is 0 Å². The van der Waals surface area contributed by atoms with Crippen LogP contribution in [0.25, 0.3) is 10.9 Å². The van der Waals surface area contributed by atoms with E-state index in [9.17, 15) is 5.11 Å². The van der Waals surface area contributed by atoms with Crippen LogP contribution >= 0.6 is 0 Å². The van der Waals surface area contributed by atoms with Crippen LogP contribution in [0.2, 0.25) is 0 Å². The summed E-state index contributed by atoms with van der Waals surface area (Å²) in [5.74, 6) is 0. The molecule has 1 saturated heterocycles. The highest BCUT2D eigenvalue weighted by molar-refractivity contribution is 5.84. The highest BCUT2D eigenvalue weighted by atomic mass is 16.3. The average molecular weight is 298 g/mol. The Hall–Kier alpha value is -1.32. The van der Waals surface area contributed by atoms with E-state index in [0.29, 0.717) is 0 Å². The smallest absolute Gasteiger partial charge is 0.0620 e. The van der Waals surface area contributed by atoms with E-state index in [-0.39, 0.29) is 11.5 Å². The minimum Gasteiger partial charge on any atom is -0.392 e. The van der Waals surface area contributed by atoms with Crippen molar-refractivity contribution >= 4 is 10.9 Å². The molecule has 2 bridgehead atoms. The van der Waals surface area contributed by atoms with E-state index in [1.165, 1.54) is 22.2 Å². The summed E-state index contributed by atoms with van der Waals surface area (Å²) in [6.07, 6.45) is 5.13. The molecule has 1 aromatic carbocycles. The summed E-state index contributed by atoms with van der Waals surface area (Å²) in [4.78, 5) is 6.22. The normalized spacial score (nSPS) is 32.1.